The van der Waals surface area contributed by atoms with E-state index in [0.717, 1.165) is 9.65 Å². The number of aliphatic imine (C=N–C) groups is 1. The lowest BCUT2D eigenvalue weighted by atomic mass is 9.95. The molecule has 10 heteroatoms. The summed E-state index contributed by atoms with van der Waals surface area (Å²) in [5, 5.41) is 4.28. The van der Waals surface area contributed by atoms with Gasteiger partial charge in [-0.05, 0) is 23.8 Å². The number of aromatic nitrogens is 3. The zero-order valence-electron chi connectivity index (χ0n) is 18.0. The molecule has 0 aliphatic carbocycles. The molecule has 172 valence electrons. The first-order chi connectivity index (χ1) is 16.3. The van der Waals surface area contributed by atoms with Gasteiger partial charge in [-0.25, -0.2) is 0 Å². The van der Waals surface area contributed by atoms with Crippen LogP contribution in [-0.4, -0.2) is 32.7 Å². The van der Waals surface area contributed by atoms with Crippen molar-refractivity contribution in [2.45, 2.75) is 17.7 Å². The Morgan fingerprint density at radius 3 is 2.18 bits per heavy atom. The number of thiol groups is 2. The quantitative estimate of drug-likeness (QED) is 0.163. The summed E-state index contributed by atoms with van der Waals surface area (Å²) >= 11 is 8.08. The molecule has 34 heavy (non-hydrogen) atoms. The second-order valence-corrected chi connectivity index (χ2v) is 10.4. The van der Waals surface area contributed by atoms with Crippen molar-refractivity contribution in [3.63, 3.8) is 0 Å². The van der Waals surface area contributed by atoms with Crippen LogP contribution in [0, 0.1) is 0 Å². The molecule has 1 atom stereocenters. The van der Waals surface area contributed by atoms with Crippen molar-refractivity contribution < 1.29 is 13.2 Å². The number of rotatable bonds is 7. The summed E-state index contributed by atoms with van der Waals surface area (Å²) in [5.74, 6) is -0.472. The minimum absolute atomic E-state index is 0.0339. The molecule has 0 aliphatic rings. The Bertz CT molecular complexity index is 1460. The molecule has 0 saturated carbocycles. The van der Waals surface area contributed by atoms with Gasteiger partial charge in [0, 0.05) is 17.0 Å². The van der Waals surface area contributed by atoms with E-state index >= 15 is 0 Å². The van der Waals surface area contributed by atoms with E-state index in [0.29, 0.717) is 11.1 Å². The van der Waals surface area contributed by atoms with Crippen LogP contribution < -0.4 is 0 Å². The Morgan fingerprint density at radius 1 is 0.912 bits per heavy atom. The third kappa shape index (κ3) is 4.98. The van der Waals surface area contributed by atoms with E-state index in [1.54, 1.807) is 48.5 Å². The zero-order chi connectivity index (χ0) is 24.3. The normalized spacial score (nSPS) is 12.2. The van der Waals surface area contributed by atoms with E-state index in [1.165, 1.54) is 12.1 Å². The summed E-state index contributed by atoms with van der Waals surface area (Å²) in [6, 6.07) is 24.0. The molecular weight excluding hydrogens is 488 g/mol. The molecule has 4 rings (SSSR count). The number of hydrogen-bond donors (Lipinski definition) is 2. The SMILES string of the molecule is CC(c1cccc(C(=O)c2ccccc2)c1)c1nc(N=C(S)S)n(S(=O)(=O)c2ccccc2)n1. The first-order valence-corrected chi connectivity index (χ1v) is 12.5. The highest BCUT2D eigenvalue weighted by molar-refractivity contribution is 8.23. The number of nitrogens with zero attached hydrogens (tertiary/aromatic N) is 4. The first-order valence-electron chi connectivity index (χ1n) is 10.2. The van der Waals surface area contributed by atoms with E-state index in [2.05, 4.69) is 40.3 Å². The van der Waals surface area contributed by atoms with Crippen molar-refractivity contribution in [2.24, 2.45) is 4.99 Å². The van der Waals surface area contributed by atoms with Crippen molar-refractivity contribution in [1.29, 1.82) is 0 Å². The molecule has 0 aliphatic heterocycles. The van der Waals surface area contributed by atoms with Crippen LogP contribution in [-0.2, 0) is 10.0 Å². The number of benzene rings is 3. The summed E-state index contributed by atoms with van der Waals surface area (Å²) in [5.41, 5.74) is 1.84. The third-order valence-electron chi connectivity index (χ3n) is 5.12. The van der Waals surface area contributed by atoms with Gasteiger partial charge in [0.2, 0.25) is 0 Å². The van der Waals surface area contributed by atoms with Gasteiger partial charge in [-0.3, -0.25) is 4.79 Å². The number of hydrogen-bond acceptors (Lipinski definition) is 6. The summed E-state index contributed by atoms with van der Waals surface area (Å²) < 4.78 is 27.2. The molecule has 0 radical (unpaired) electrons. The summed E-state index contributed by atoms with van der Waals surface area (Å²) in [6.45, 7) is 1.83. The van der Waals surface area contributed by atoms with Crippen molar-refractivity contribution in [3.8, 4) is 0 Å². The van der Waals surface area contributed by atoms with E-state index in [4.69, 9.17) is 0 Å². The van der Waals surface area contributed by atoms with Gasteiger partial charge in [0.1, 0.15) is 4.38 Å². The molecule has 3 aromatic carbocycles. The smallest absolute Gasteiger partial charge is 0.286 e. The van der Waals surface area contributed by atoms with Crippen LogP contribution in [0.2, 0.25) is 0 Å². The molecular formula is C24H20N4O3S3. The van der Waals surface area contributed by atoms with E-state index < -0.39 is 15.9 Å². The lowest BCUT2D eigenvalue weighted by molar-refractivity contribution is 0.103. The number of carbonyl (C=O) groups is 1. The Hall–Kier alpha value is -3.21. The van der Waals surface area contributed by atoms with Gasteiger partial charge in [-0.15, -0.1) is 34.4 Å². The van der Waals surface area contributed by atoms with Crippen molar-refractivity contribution in [1.82, 2.24) is 14.2 Å². The molecule has 0 saturated heterocycles. The molecule has 1 aromatic heterocycles. The van der Waals surface area contributed by atoms with Gasteiger partial charge in [0.25, 0.3) is 16.0 Å². The largest absolute Gasteiger partial charge is 0.289 e. The molecule has 1 unspecified atom stereocenters. The van der Waals surface area contributed by atoms with Gasteiger partial charge in [0.15, 0.2) is 11.6 Å². The van der Waals surface area contributed by atoms with Crippen LogP contribution in [0.15, 0.2) is 94.8 Å². The second kappa shape index (κ2) is 9.96. The summed E-state index contributed by atoms with van der Waals surface area (Å²) in [7, 11) is -4.05. The summed E-state index contributed by atoms with van der Waals surface area (Å²) in [6.07, 6.45) is 0. The Labute approximate surface area is 208 Å². The maximum atomic E-state index is 13.2. The summed E-state index contributed by atoms with van der Waals surface area (Å²) in [4.78, 5) is 21.3. The zero-order valence-corrected chi connectivity index (χ0v) is 20.6. The molecule has 0 amide bonds. The predicted molar refractivity (Wildman–Crippen MR) is 138 cm³/mol. The van der Waals surface area contributed by atoms with E-state index in [1.807, 2.05) is 31.2 Å². The third-order valence-corrected chi connectivity index (χ3v) is 6.89. The highest BCUT2D eigenvalue weighted by atomic mass is 32.2. The minimum Gasteiger partial charge on any atom is -0.289 e. The monoisotopic (exact) mass is 508 g/mol. The molecule has 0 spiro atoms. The van der Waals surface area contributed by atoms with Gasteiger partial charge in [-0.1, -0.05) is 73.7 Å². The minimum atomic E-state index is -4.05. The Morgan fingerprint density at radius 2 is 1.53 bits per heavy atom. The number of carbonyl (C=O) groups excluding carboxylic acids is 1. The van der Waals surface area contributed by atoms with Crippen LogP contribution in [0.1, 0.15) is 40.2 Å². The number of ketones is 1. The van der Waals surface area contributed by atoms with E-state index in [-0.39, 0.29) is 26.8 Å². The van der Waals surface area contributed by atoms with Crippen molar-refractivity contribution in [3.05, 3.63) is 107 Å². The van der Waals surface area contributed by atoms with Crippen molar-refractivity contribution in [2.75, 3.05) is 0 Å². The molecule has 0 N–H and O–H groups in total. The molecule has 4 aromatic rings. The molecule has 0 bridgehead atoms. The standard InChI is InChI=1S/C24H20N4O3S3/c1-16(18-11-8-12-19(15-18)21(29)17-9-4-2-5-10-17)22-25-23(26-24(32)33)28(27-22)34(30,31)20-13-6-3-7-14-20/h2-16H,1H3,(H2,25,26,27,32,33). The first kappa shape index (κ1) is 23.9. The molecule has 1 heterocycles. The van der Waals surface area contributed by atoms with Gasteiger partial charge in [-0.2, -0.15) is 18.4 Å². The van der Waals surface area contributed by atoms with Crippen LogP contribution in [0.4, 0.5) is 5.95 Å². The fourth-order valence-corrected chi connectivity index (χ4v) is 4.72. The van der Waals surface area contributed by atoms with Crippen LogP contribution >= 0.6 is 25.3 Å². The maximum Gasteiger partial charge on any atom is 0.286 e. The van der Waals surface area contributed by atoms with Gasteiger partial charge in [0.05, 0.1) is 4.90 Å². The topological polar surface area (TPSA) is 94.3 Å². The van der Waals surface area contributed by atoms with Gasteiger partial charge >= 0.3 is 0 Å². The average molecular weight is 509 g/mol. The lowest BCUT2D eigenvalue weighted by Crippen LogP contribution is -2.15. The lowest BCUT2D eigenvalue weighted by Gasteiger charge is -2.10. The van der Waals surface area contributed by atoms with Crippen LogP contribution in [0.3, 0.4) is 0 Å². The fourth-order valence-electron chi connectivity index (χ4n) is 3.35. The average Bonchev–Trinajstić information content (AvgIpc) is 3.28. The van der Waals surface area contributed by atoms with Gasteiger partial charge < -0.3 is 0 Å². The second-order valence-electron chi connectivity index (χ2n) is 7.39. The highest BCUT2D eigenvalue weighted by Crippen LogP contribution is 2.27. The van der Waals surface area contributed by atoms with E-state index in [9.17, 15) is 13.2 Å². The van der Waals surface area contributed by atoms with Crippen molar-refractivity contribution >= 4 is 51.4 Å². The molecule has 0 fully saturated rings. The van der Waals surface area contributed by atoms with Crippen LogP contribution in [0.5, 0.6) is 0 Å². The predicted octanol–water partition coefficient (Wildman–Crippen LogP) is 4.75. The Balaban J connectivity index is 1.74. The molecule has 7 nitrogen and oxygen atoms in total. The fraction of sp³-hybridized carbons (Fsp3) is 0.0833. The maximum absolute atomic E-state index is 13.2. The highest BCUT2D eigenvalue weighted by Gasteiger charge is 2.26. The Kier molecular flexibility index (Phi) is 7.01. The van der Waals surface area contributed by atoms with Crippen LogP contribution in [0.25, 0.3) is 0 Å².